The second-order valence-corrected chi connectivity index (χ2v) is 9.30. The molecule has 0 rings (SSSR count). The van der Waals surface area contributed by atoms with Crippen LogP contribution in [-0.4, -0.2) is 26.8 Å². The van der Waals surface area contributed by atoms with E-state index in [9.17, 15) is 3.08 Å². The molecule has 0 N–H and O–H groups in total. The summed E-state index contributed by atoms with van der Waals surface area (Å²) in [5.41, 5.74) is 0. The van der Waals surface area contributed by atoms with Crippen LogP contribution in [0.25, 0.3) is 0 Å². The van der Waals surface area contributed by atoms with Crippen LogP contribution in [0, 0.1) is 5.92 Å². The molecule has 3 heteroatoms. The molecular weight excluding hydrogens is 307 g/mol. The van der Waals surface area contributed by atoms with E-state index in [1.54, 1.807) is 0 Å². The molecule has 0 aromatic carbocycles. The van der Waals surface area contributed by atoms with Crippen molar-refractivity contribution in [3.63, 3.8) is 0 Å². The van der Waals surface area contributed by atoms with Crippen molar-refractivity contribution in [2.24, 2.45) is 5.92 Å². The number of hydrogen-bond donors (Lipinski definition) is 0. The third kappa shape index (κ3) is 12.6. The summed E-state index contributed by atoms with van der Waals surface area (Å²) < 4.78 is 17.9. The maximum atomic E-state index is 11.6. The van der Waals surface area contributed by atoms with Gasteiger partial charge in [-0.05, 0) is 0 Å². The minimum absolute atomic E-state index is 0.658. The Bertz CT molecular complexity index is 169. The Labute approximate surface area is 109 Å². The summed E-state index contributed by atoms with van der Waals surface area (Å²) in [7, 11) is 0. The van der Waals surface area contributed by atoms with E-state index in [0.29, 0.717) is 12.5 Å². The molecule has 0 saturated carbocycles. The quantitative estimate of drug-likeness (QED) is 0.415. The summed E-state index contributed by atoms with van der Waals surface area (Å²) in [6.07, 6.45) is 8.67. The number of rotatable bonds is 11. The van der Waals surface area contributed by atoms with Crippen molar-refractivity contribution in [2.45, 2.75) is 70.2 Å². The first kappa shape index (κ1) is 16.6. The first-order valence-corrected chi connectivity index (χ1v) is 11.2. The first-order valence-electron chi connectivity index (χ1n) is 6.82. The fraction of sp³-hybridized carbons (Fsp3) is 1.00. The monoisotopic (exact) mass is 336 g/mol. The van der Waals surface area contributed by atoms with E-state index in [4.69, 9.17) is 3.07 Å². The van der Waals surface area contributed by atoms with Gasteiger partial charge < -0.3 is 0 Å². The van der Waals surface area contributed by atoms with Crippen molar-refractivity contribution in [1.29, 1.82) is 0 Å². The molecule has 0 saturated heterocycles. The van der Waals surface area contributed by atoms with Gasteiger partial charge in [-0.3, -0.25) is 0 Å². The van der Waals surface area contributed by atoms with Crippen LogP contribution in [0.4, 0.5) is 0 Å². The van der Waals surface area contributed by atoms with Gasteiger partial charge in [0.05, 0.1) is 0 Å². The van der Waals surface area contributed by atoms with Crippen LogP contribution in [0.15, 0.2) is 0 Å². The van der Waals surface area contributed by atoms with Crippen LogP contribution in [0.3, 0.4) is 0 Å². The molecule has 96 valence electrons. The molecule has 16 heavy (non-hydrogen) atoms. The Balaban J connectivity index is 3.17. The summed E-state index contributed by atoms with van der Waals surface area (Å²) >= 11 is -2.60. The molecule has 0 atom stereocenters. The zero-order valence-corrected chi connectivity index (χ0v) is 14.1. The molecule has 0 aromatic rings. The standard InChI is InChI=1S/C8H17.C5H11O.O.Sn/c1-3-5-7-8-6-4-2;1-5(2)3-4-6;;/h1,3-8H2,2H3;5H,3-4H2,1-2H3;;/q;-1;;+1. The molecule has 0 fully saturated rings. The van der Waals surface area contributed by atoms with E-state index in [1.165, 1.54) is 32.1 Å². The Morgan fingerprint density at radius 3 is 2.31 bits per heavy atom. The number of hydrogen-bond acceptors (Lipinski definition) is 2. The van der Waals surface area contributed by atoms with Crippen LogP contribution < -0.4 is 0 Å². The third-order valence-corrected chi connectivity index (χ3v) is 6.37. The molecule has 0 heterocycles. The molecule has 2 nitrogen and oxygen atoms in total. The molecular formula is C13H28O2Sn. The van der Waals surface area contributed by atoms with Gasteiger partial charge in [0.25, 0.3) is 0 Å². The van der Waals surface area contributed by atoms with Gasteiger partial charge in [-0.1, -0.05) is 0 Å². The molecule has 0 aliphatic carbocycles. The number of unbranched alkanes of at least 4 members (excludes halogenated alkanes) is 5. The second-order valence-electron chi connectivity index (χ2n) is 4.92. The molecule has 0 amide bonds. The van der Waals surface area contributed by atoms with Gasteiger partial charge in [0.2, 0.25) is 0 Å². The molecule has 0 aliphatic rings. The fourth-order valence-corrected chi connectivity index (χ4v) is 4.47. The predicted molar refractivity (Wildman–Crippen MR) is 70.0 cm³/mol. The van der Waals surface area contributed by atoms with Crippen molar-refractivity contribution >= 4 is 20.2 Å². The van der Waals surface area contributed by atoms with Gasteiger partial charge in [-0.15, -0.1) is 0 Å². The predicted octanol–water partition coefficient (Wildman–Crippen LogP) is 4.33. The molecule has 0 aromatic heterocycles. The molecule has 0 spiro atoms. The van der Waals surface area contributed by atoms with Gasteiger partial charge in [0, 0.05) is 0 Å². The van der Waals surface area contributed by atoms with Crippen LogP contribution in [0.1, 0.15) is 65.7 Å². The zero-order chi connectivity index (χ0) is 12.2. The minimum atomic E-state index is -2.60. The SMILES string of the molecule is CCCCCCC[CH2][Sn](=[O])[O]CCC(C)C. The van der Waals surface area contributed by atoms with Gasteiger partial charge in [-0.2, -0.15) is 0 Å². The average molecular weight is 335 g/mol. The zero-order valence-electron chi connectivity index (χ0n) is 11.3. The van der Waals surface area contributed by atoms with Crippen molar-refractivity contribution in [2.75, 3.05) is 6.61 Å². The van der Waals surface area contributed by atoms with Crippen LogP contribution in [0.5, 0.6) is 0 Å². The normalized spacial score (nSPS) is 11.0. The van der Waals surface area contributed by atoms with E-state index in [2.05, 4.69) is 20.8 Å². The van der Waals surface area contributed by atoms with Crippen LogP contribution in [-0.2, 0) is 6.15 Å². The van der Waals surface area contributed by atoms with E-state index in [-0.39, 0.29) is 0 Å². The van der Waals surface area contributed by atoms with Crippen LogP contribution >= 0.6 is 0 Å². The van der Waals surface area contributed by atoms with Crippen molar-refractivity contribution in [1.82, 2.24) is 0 Å². The molecule has 0 aliphatic heterocycles. The Hall–Kier alpha value is 0.559. The molecule has 0 radical (unpaired) electrons. The van der Waals surface area contributed by atoms with Gasteiger partial charge in [-0.25, -0.2) is 0 Å². The van der Waals surface area contributed by atoms with E-state index >= 15 is 0 Å². The van der Waals surface area contributed by atoms with Gasteiger partial charge in [0.15, 0.2) is 0 Å². The Morgan fingerprint density at radius 1 is 1.06 bits per heavy atom. The summed E-state index contributed by atoms with van der Waals surface area (Å²) in [5, 5.41) is 0. The van der Waals surface area contributed by atoms with Gasteiger partial charge in [0.1, 0.15) is 0 Å². The van der Waals surface area contributed by atoms with Crippen molar-refractivity contribution < 1.29 is 6.15 Å². The van der Waals surface area contributed by atoms with E-state index in [1.807, 2.05) is 0 Å². The fourth-order valence-electron chi connectivity index (χ4n) is 1.53. The van der Waals surface area contributed by atoms with Crippen molar-refractivity contribution in [3.8, 4) is 0 Å². The summed E-state index contributed by atoms with van der Waals surface area (Å²) in [4.78, 5) is 0. The molecule has 0 unspecified atom stereocenters. The maximum absolute atomic E-state index is 11.6. The summed E-state index contributed by atoms with van der Waals surface area (Å²) in [6.45, 7) is 7.29. The Morgan fingerprint density at radius 2 is 1.69 bits per heavy atom. The second kappa shape index (κ2) is 12.0. The summed E-state index contributed by atoms with van der Waals surface area (Å²) in [6, 6.07) is 0. The van der Waals surface area contributed by atoms with Crippen LogP contribution in [0.2, 0.25) is 4.44 Å². The Kier molecular flexibility index (Phi) is 12.4. The summed E-state index contributed by atoms with van der Waals surface area (Å²) in [5.74, 6) is 0.658. The third-order valence-electron chi connectivity index (χ3n) is 2.69. The van der Waals surface area contributed by atoms with E-state index < -0.39 is 20.2 Å². The first-order chi connectivity index (χ1) is 7.66. The van der Waals surface area contributed by atoms with Crippen molar-refractivity contribution in [3.05, 3.63) is 0 Å². The average Bonchev–Trinajstić information content (AvgIpc) is 2.22. The van der Waals surface area contributed by atoms with E-state index in [0.717, 1.165) is 17.3 Å². The molecule has 0 bridgehead atoms. The van der Waals surface area contributed by atoms with Gasteiger partial charge >= 0.3 is 109 Å². The topological polar surface area (TPSA) is 26.3 Å².